The van der Waals surface area contributed by atoms with Crippen LogP contribution in [-0.2, 0) is 32.2 Å². The summed E-state index contributed by atoms with van der Waals surface area (Å²) in [6.45, 7) is 1.24. The van der Waals surface area contributed by atoms with Gasteiger partial charge in [0, 0.05) is 6.20 Å². The van der Waals surface area contributed by atoms with E-state index >= 15 is 0 Å². The second-order valence-corrected chi connectivity index (χ2v) is 5.85. The first-order valence-corrected chi connectivity index (χ1v) is 8.97. The van der Waals surface area contributed by atoms with Gasteiger partial charge < -0.3 is 19.5 Å². The molecule has 0 fully saturated rings. The number of hydrogen-bond donors (Lipinski definition) is 2. The van der Waals surface area contributed by atoms with Crippen LogP contribution in [0.2, 0.25) is 0 Å². The average molecular weight is 418 g/mol. The van der Waals surface area contributed by atoms with Crippen LogP contribution in [0.4, 0.5) is 10.6 Å². The zero-order valence-electron chi connectivity index (χ0n) is 16.5. The van der Waals surface area contributed by atoms with E-state index in [0.29, 0.717) is 5.75 Å². The fourth-order valence-corrected chi connectivity index (χ4v) is 2.22. The minimum absolute atomic E-state index is 0.0214. The van der Waals surface area contributed by atoms with Crippen LogP contribution in [0.3, 0.4) is 0 Å². The number of carbonyl (C=O) groups is 3. The summed E-state index contributed by atoms with van der Waals surface area (Å²) in [5.74, 6) is -0.485. The number of methoxy groups -OCH3 is 1. The Morgan fingerprint density at radius 1 is 1.10 bits per heavy atom. The number of esters is 1. The molecule has 2 aromatic rings. The molecule has 160 valence electrons. The number of hydrogen-bond acceptors (Lipinski definition) is 8. The van der Waals surface area contributed by atoms with Gasteiger partial charge in [-0.05, 0) is 30.7 Å². The summed E-state index contributed by atoms with van der Waals surface area (Å²) in [4.78, 5) is 50.6. The SMILES string of the molecule is CCOC(=O)CNC(=O)Cn1ccc(NC(=O)OCc2ccc(OC)cc2)nc1=O. The molecule has 1 heterocycles. The number of carbonyl (C=O) groups excluding carboxylic acids is 3. The van der Waals surface area contributed by atoms with Crippen molar-refractivity contribution < 1.29 is 28.6 Å². The molecule has 2 rings (SSSR count). The summed E-state index contributed by atoms with van der Waals surface area (Å²) >= 11 is 0. The van der Waals surface area contributed by atoms with Crippen LogP contribution in [0.25, 0.3) is 0 Å². The second kappa shape index (κ2) is 11.2. The molecule has 0 aliphatic heterocycles. The van der Waals surface area contributed by atoms with Crippen molar-refractivity contribution in [3.05, 3.63) is 52.6 Å². The van der Waals surface area contributed by atoms with Crippen LogP contribution in [0, 0.1) is 0 Å². The second-order valence-electron chi connectivity index (χ2n) is 5.85. The van der Waals surface area contributed by atoms with Crippen molar-refractivity contribution in [3.8, 4) is 5.75 Å². The molecule has 11 nitrogen and oxygen atoms in total. The molecule has 0 aliphatic carbocycles. The van der Waals surface area contributed by atoms with E-state index in [-0.39, 0.29) is 32.1 Å². The third-order valence-electron chi connectivity index (χ3n) is 3.68. The Balaban J connectivity index is 1.83. The van der Waals surface area contributed by atoms with E-state index in [1.54, 1.807) is 38.3 Å². The number of amides is 2. The number of nitrogens with zero attached hydrogens (tertiary/aromatic N) is 2. The van der Waals surface area contributed by atoms with Crippen LogP contribution < -0.4 is 21.1 Å². The van der Waals surface area contributed by atoms with Crippen molar-refractivity contribution in [1.82, 2.24) is 14.9 Å². The van der Waals surface area contributed by atoms with Gasteiger partial charge in [0.15, 0.2) is 0 Å². The lowest BCUT2D eigenvalue weighted by molar-refractivity contribution is -0.143. The minimum Gasteiger partial charge on any atom is -0.497 e. The molecule has 0 atom stereocenters. The van der Waals surface area contributed by atoms with E-state index in [1.165, 1.54) is 12.3 Å². The van der Waals surface area contributed by atoms with Gasteiger partial charge in [-0.3, -0.25) is 19.5 Å². The number of ether oxygens (including phenoxy) is 3. The van der Waals surface area contributed by atoms with Crippen molar-refractivity contribution in [2.24, 2.45) is 0 Å². The van der Waals surface area contributed by atoms with E-state index in [1.807, 2.05) is 0 Å². The highest BCUT2D eigenvalue weighted by Gasteiger charge is 2.10. The third kappa shape index (κ3) is 7.26. The molecule has 1 aromatic heterocycles. The molecule has 2 N–H and O–H groups in total. The van der Waals surface area contributed by atoms with Crippen molar-refractivity contribution >= 4 is 23.8 Å². The maximum atomic E-state index is 12.0. The molecule has 0 saturated carbocycles. The summed E-state index contributed by atoms with van der Waals surface area (Å²) in [6, 6.07) is 8.31. The van der Waals surface area contributed by atoms with Gasteiger partial charge in [-0.1, -0.05) is 12.1 Å². The Kier molecular flexibility index (Phi) is 8.36. The first-order valence-electron chi connectivity index (χ1n) is 8.97. The van der Waals surface area contributed by atoms with Crippen molar-refractivity contribution in [3.63, 3.8) is 0 Å². The summed E-state index contributed by atoms with van der Waals surface area (Å²) in [6.07, 6.45) is 0.501. The topological polar surface area (TPSA) is 138 Å². The number of nitrogens with one attached hydrogen (secondary N) is 2. The summed E-state index contributed by atoms with van der Waals surface area (Å²) in [7, 11) is 1.55. The molecule has 0 saturated heterocycles. The van der Waals surface area contributed by atoms with Gasteiger partial charge in [0.25, 0.3) is 0 Å². The van der Waals surface area contributed by atoms with Gasteiger partial charge in [0.1, 0.15) is 31.3 Å². The predicted octanol–water partition coefficient (Wildman–Crippen LogP) is 0.680. The molecule has 30 heavy (non-hydrogen) atoms. The lowest BCUT2D eigenvalue weighted by Crippen LogP contribution is -2.36. The largest absolute Gasteiger partial charge is 0.497 e. The average Bonchev–Trinajstić information content (AvgIpc) is 2.73. The molecule has 0 bridgehead atoms. The summed E-state index contributed by atoms with van der Waals surface area (Å²) in [5.41, 5.74) is -0.00241. The van der Waals surface area contributed by atoms with Gasteiger partial charge in [0.05, 0.1) is 13.7 Å². The lowest BCUT2D eigenvalue weighted by atomic mass is 10.2. The van der Waals surface area contributed by atoms with Crippen molar-refractivity contribution in [1.29, 1.82) is 0 Å². The molecule has 1 aromatic carbocycles. The zero-order chi connectivity index (χ0) is 21.9. The number of anilines is 1. The molecule has 11 heteroatoms. The van der Waals surface area contributed by atoms with E-state index in [4.69, 9.17) is 9.47 Å². The Labute approximate surface area is 172 Å². The third-order valence-corrected chi connectivity index (χ3v) is 3.68. The fourth-order valence-electron chi connectivity index (χ4n) is 2.22. The fraction of sp³-hybridized carbons (Fsp3) is 0.316. The molecule has 0 unspecified atom stereocenters. The molecular formula is C19H22N4O7. The predicted molar refractivity (Wildman–Crippen MR) is 105 cm³/mol. The van der Waals surface area contributed by atoms with E-state index in [9.17, 15) is 19.2 Å². The van der Waals surface area contributed by atoms with Crippen LogP contribution in [0.5, 0.6) is 5.75 Å². The van der Waals surface area contributed by atoms with Crippen molar-refractivity contribution in [2.75, 3.05) is 25.6 Å². The Morgan fingerprint density at radius 3 is 2.47 bits per heavy atom. The summed E-state index contributed by atoms with van der Waals surface area (Å²) in [5, 5.41) is 4.67. The standard InChI is InChI=1S/C19H22N4O7/c1-3-29-17(25)10-20-16(24)11-23-9-8-15(21-18(23)26)22-19(27)30-12-13-4-6-14(28-2)7-5-13/h4-9H,3,10-12H2,1-2H3,(H,20,24)(H,21,22,26,27). The maximum Gasteiger partial charge on any atom is 0.413 e. The van der Waals surface area contributed by atoms with Crippen molar-refractivity contribution in [2.45, 2.75) is 20.1 Å². The highest BCUT2D eigenvalue weighted by atomic mass is 16.5. The first-order chi connectivity index (χ1) is 14.4. The van der Waals surface area contributed by atoms with E-state index in [2.05, 4.69) is 20.4 Å². The molecular weight excluding hydrogens is 396 g/mol. The Hall–Kier alpha value is -3.89. The van der Waals surface area contributed by atoms with Crippen LogP contribution in [0.15, 0.2) is 41.3 Å². The van der Waals surface area contributed by atoms with Gasteiger partial charge >= 0.3 is 17.8 Å². The number of aromatic nitrogens is 2. The minimum atomic E-state index is -0.789. The normalized spacial score (nSPS) is 10.1. The van der Waals surface area contributed by atoms with Gasteiger partial charge in [-0.2, -0.15) is 4.98 Å². The number of benzene rings is 1. The molecule has 0 aliphatic rings. The van der Waals surface area contributed by atoms with E-state index < -0.39 is 23.7 Å². The number of rotatable bonds is 9. The van der Waals surface area contributed by atoms with Gasteiger partial charge in [-0.15, -0.1) is 0 Å². The molecule has 2 amide bonds. The lowest BCUT2D eigenvalue weighted by Gasteiger charge is -2.09. The van der Waals surface area contributed by atoms with Crippen LogP contribution >= 0.6 is 0 Å². The van der Waals surface area contributed by atoms with Gasteiger partial charge in [-0.25, -0.2) is 9.59 Å². The smallest absolute Gasteiger partial charge is 0.413 e. The Bertz CT molecular complexity index is 941. The monoisotopic (exact) mass is 418 g/mol. The summed E-state index contributed by atoms with van der Waals surface area (Å²) < 4.78 is 15.8. The van der Waals surface area contributed by atoms with Crippen LogP contribution in [-0.4, -0.2) is 47.8 Å². The molecule has 0 spiro atoms. The zero-order valence-corrected chi connectivity index (χ0v) is 16.5. The highest BCUT2D eigenvalue weighted by Crippen LogP contribution is 2.12. The quantitative estimate of drug-likeness (QED) is 0.567. The molecule has 0 radical (unpaired) electrons. The van der Waals surface area contributed by atoms with Gasteiger partial charge in [0.2, 0.25) is 5.91 Å². The Morgan fingerprint density at radius 2 is 1.83 bits per heavy atom. The highest BCUT2D eigenvalue weighted by molar-refractivity contribution is 5.83. The maximum absolute atomic E-state index is 12.0. The van der Waals surface area contributed by atoms with Crippen LogP contribution in [0.1, 0.15) is 12.5 Å². The first kappa shape index (κ1) is 22.4. The van der Waals surface area contributed by atoms with E-state index in [0.717, 1.165) is 10.1 Å².